The van der Waals surface area contributed by atoms with Crippen LogP contribution in [-0.2, 0) is 15.8 Å². The monoisotopic (exact) mass is 322 g/mol. The van der Waals surface area contributed by atoms with Gasteiger partial charge < -0.3 is 10.8 Å². The van der Waals surface area contributed by atoms with Crippen molar-refractivity contribution >= 4 is 38.8 Å². The number of hydrogen-bond donors (Lipinski definition) is 2. The molecule has 0 unspecified atom stereocenters. The van der Waals surface area contributed by atoms with Gasteiger partial charge in [-0.3, -0.25) is 0 Å². The maximum Gasteiger partial charge on any atom is 0.218 e. The quantitative estimate of drug-likeness (QED) is 0.724. The average Bonchev–Trinajstić information content (AvgIpc) is 2.27. The summed E-state index contributed by atoms with van der Waals surface area (Å²) >= 11 is 10.5. The van der Waals surface area contributed by atoms with Crippen molar-refractivity contribution in [1.29, 1.82) is 0 Å². The molecule has 5 nitrogen and oxygen atoms in total. The minimum absolute atomic E-state index is 0.0414. The highest BCUT2D eigenvalue weighted by Crippen LogP contribution is 2.15. The Morgan fingerprint density at radius 3 is 2.68 bits per heavy atom. The molecule has 0 radical (unpaired) electrons. The summed E-state index contributed by atoms with van der Waals surface area (Å²) in [5, 5.41) is 9.38. The van der Waals surface area contributed by atoms with Crippen LogP contribution in [0.25, 0.3) is 0 Å². The van der Waals surface area contributed by atoms with Crippen molar-refractivity contribution in [2.75, 3.05) is 19.7 Å². The predicted octanol–water partition coefficient (Wildman–Crippen LogP) is 0.750. The van der Waals surface area contributed by atoms with Gasteiger partial charge in [0.05, 0.1) is 23.9 Å². The summed E-state index contributed by atoms with van der Waals surface area (Å²) in [4.78, 5) is 0.0584. The van der Waals surface area contributed by atoms with Crippen LogP contribution in [0.3, 0.4) is 0 Å². The summed E-state index contributed by atoms with van der Waals surface area (Å²) in [6, 6.07) is 6.59. The third-order valence-electron chi connectivity index (χ3n) is 2.31. The molecule has 0 saturated heterocycles. The lowest BCUT2D eigenvalue weighted by atomic mass is 10.2. The van der Waals surface area contributed by atoms with Gasteiger partial charge in [0.25, 0.3) is 0 Å². The van der Waals surface area contributed by atoms with Crippen LogP contribution in [-0.4, -0.2) is 42.5 Å². The number of halogens is 1. The molecule has 0 bridgehead atoms. The molecular formula is C11H15ClN2O3S2. The normalized spacial score (nSPS) is 11.7. The van der Waals surface area contributed by atoms with Crippen molar-refractivity contribution in [2.24, 2.45) is 5.73 Å². The Morgan fingerprint density at radius 1 is 1.47 bits per heavy atom. The number of thiocarbonyl (C=S) groups is 1. The van der Waals surface area contributed by atoms with Crippen LogP contribution in [0.1, 0.15) is 5.56 Å². The first-order chi connectivity index (χ1) is 8.85. The molecule has 0 atom stereocenters. The molecule has 0 heterocycles. The van der Waals surface area contributed by atoms with E-state index >= 15 is 0 Å². The standard InChI is InChI=1S/C11H15ClN2O3S2/c12-10-3-1-2-9(6-10)8-19(16,17)14(4-5-15)7-11(13)18/h1-3,6,15H,4-5,7-8H2,(H2,13,18). The topological polar surface area (TPSA) is 83.6 Å². The van der Waals surface area contributed by atoms with E-state index in [9.17, 15) is 8.42 Å². The van der Waals surface area contributed by atoms with Gasteiger partial charge in [-0.2, -0.15) is 4.31 Å². The number of sulfonamides is 1. The summed E-state index contributed by atoms with van der Waals surface area (Å²) in [6.07, 6.45) is 0. The van der Waals surface area contributed by atoms with Gasteiger partial charge in [0.15, 0.2) is 0 Å². The number of nitrogens with zero attached hydrogens (tertiary/aromatic N) is 1. The predicted molar refractivity (Wildman–Crippen MR) is 79.5 cm³/mol. The molecule has 0 fully saturated rings. The fraction of sp³-hybridized carbons (Fsp3) is 0.364. The first-order valence-corrected chi connectivity index (χ1v) is 7.86. The van der Waals surface area contributed by atoms with Crippen LogP contribution >= 0.6 is 23.8 Å². The molecular weight excluding hydrogens is 308 g/mol. The van der Waals surface area contributed by atoms with Crippen molar-refractivity contribution in [3.05, 3.63) is 34.9 Å². The number of nitrogens with two attached hydrogens (primary N) is 1. The van der Waals surface area contributed by atoms with Gasteiger partial charge in [0, 0.05) is 11.6 Å². The first-order valence-electron chi connectivity index (χ1n) is 5.46. The Balaban J connectivity index is 2.91. The second kappa shape index (κ2) is 7.16. The average molecular weight is 323 g/mol. The third-order valence-corrected chi connectivity index (χ3v) is 4.47. The maximum atomic E-state index is 12.2. The van der Waals surface area contributed by atoms with Gasteiger partial charge in [0.1, 0.15) is 0 Å². The largest absolute Gasteiger partial charge is 0.395 e. The number of aliphatic hydroxyl groups is 1. The highest BCUT2D eigenvalue weighted by Gasteiger charge is 2.22. The van der Waals surface area contributed by atoms with Gasteiger partial charge in [0.2, 0.25) is 10.0 Å². The van der Waals surface area contributed by atoms with Crippen molar-refractivity contribution in [2.45, 2.75) is 5.75 Å². The van der Waals surface area contributed by atoms with E-state index in [0.29, 0.717) is 10.6 Å². The van der Waals surface area contributed by atoms with Crippen molar-refractivity contribution < 1.29 is 13.5 Å². The van der Waals surface area contributed by atoms with E-state index in [1.807, 2.05) is 0 Å². The molecule has 0 aliphatic heterocycles. The van der Waals surface area contributed by atoms with E-state index in [-0.39, 0.29) is 30.4 Å². The number of hydrogen-bond acceptors (Lipinski definition) is 4. The fourth-order valence-corrected chi connectivity index (χ4v) is 3.46. The van der Waals surface area contributed by atoms with Crippen LogP contribution in [0.2, 0.25) is 5.02 Å². The molecule has 0 aliphatic rings. The minimum atomic E-state index is -3.60. The molecule has 3 N–H and O–H groups in total. The Morgan fingerprint density at radius 2 is 2.16 bits per heavy atom. The van der Waals surface area contributed by atoms with Crippen LogP contribution < -0.4 is 5.73 Å². The molecule has 106 valence electrons. The number of benzene rings is 1. The zero-order valence-electron chi connectivity index (χ0n) is 10.1. The van der Waals surface area contributed by atoms with Crippen molar-refractivity contribution in [3.8, 4) is 0 Å². The maximum absolute atomic E-state index is 12.2. The van der Waals surface area contributed by atoms with Crippen LogP contribution in [0, 0.1) is 0 Å². The molecule has 19 heavy (non-hydrogen) atoms. The van der Waals surface area contributed by atoms with E-state index in [2.05, 4.69) is 0 Å². The SMILES string of the molecule is NC(=S)CN(CCO)S(=O)(=O)Cc1cccc(Cl)c1. The van der Waals surface area contributed by atoms with Crippen LogP contribution in [0.5, 0.6) is 0 Å². The molecule has 0 amide bonds. The van der Waals surface area contributed by atoms with Crippen LogP contribution in [0.15, 0.2) is 24.3 Å². The Labute approximate surface area is 123 Å². The summed E-state index contributed by atoms with van der Waals surface area (Å²) in [5.41, 5.74) is 5.93. The summed E-state index contributed by atoms with van der Waals surface area (Å²) in [7, 11) is -3.60. The number of aliphatic hydroxyl groups excluding tert-OH is 1. The van der Waals surface area contributed by atoms with E-state index in [1.165, 1.54) is 0 Å². The Kier molecular flexibility index (Phi) is 6.15. The van der Waals surface area contributed by atoms with E-state index in [1.54, 1.807) is 24.3 Å². The Bertz CT molecular complexity index is 549. The zero-order valence-corrected chi connectivity index (χ0v) is 12.5. The van der Waals surface area contributed by atoms with E-state index in [0.717, 1.165) is 4.31 Å². The van der Waals surface area contributed by atoms with Gasteiger partial charge in [-0.05, 0) is 17.7 Å². The van der Waals surface area contributed by atoms with Gasteiger partial charge in [-0.25, -0.2) is 8.42 Å². The molecule has 8 heteroatoms. The summed E-state index contributed by atoms with van der Waals surface area (Å²) in [5.74, 6) is -0.212. The van der Waals surface area contributed by atoms with E-state index in [4.69, 9.17) is 34.7 Å². The molecule has 1 rings (SSSR count). The second-order valence-corrected chi connectivity index (χ2v) is 6.84. The molecule has 0 spiro atoms. The molecule has 0 saturated carbocycles. The van der Waals surface area contributed by atoms with Crippen LogP contribution in [0.4, 0.5) is 0 Å². The molecule has 1 aromatic rings. The lowest BCUT2D eigenvalue weighted by Gasteiger charge is -2.20. The molecule has 1 aromatic carbocycles. The highest BCUT2D eigenvalue weighted by molar-refractivity contribution is 7.88. The molecule has 0 aromatic heterocycles. The third kappa shape index (κ3) is 5.42. The van der Waals surface area contributed by atoms with Crippen molar-refractivity contribution in [3.63, 3.8) is 0 Å². The second-order valence-electron chi connectivity index (χ2n) is 3.91. The molecule has 0 aliphatic carbocycles. The number of rotatable bonds is 7. The fourth-order valence-electron chi connectivity index (χ4n) is 1.53. The lowest BCUT2D eigenvalue weighted by molar-refractivity contribution is 0.262. The minimum Gasteiger partial charge on any atom is -0.395 e. The summed E-state index contributed by atoms with van der Waals surface area (Å²) in [6.45, 7) is -0.420. The van der Waals surface area contributed by atoms with Gasteiger partial charge in [-0.1, -0.05) is 36.0 Å². The lowest BCUT2D eigenvalue weighted by Crippen LogP contribution is -2.40. The van der Waals surface area contributed by atoms with Gasteiger partial charge in [-0.15, -0.1) is 0 Å². The van der Waals surface area contributed by atoms with Gasteiger partial charge >= 0.3 is 0 Å². The van der Waals surface area contributed by atoms with E-state index < -0.39 is 10.0 Å². The highest BCUT2D eigenvalue weighted by atomic mass is 35.5. The summed E-state index contributed by atoms with van der Waals surface area (Å²) < 4.78 is 25.5. The first kappa shape index (κ1) is 16.3. The smallest absolute Gasteiger partial charge is 0.218 e. The Hall–Kier alpha value is -0.730. The zero-order chi connectivity index (χ0) is 14.5. The van der Waals surface area contributed by atoms with Crippen molar-refractivity contribution in [1.82, 2.24) is 4.31 Å².